The Balaban J connectivity index is 2.70. The lowest BCUT2D eigenvalue weighted by Gasteiger charge is -2.19. The van der Waals surface area contributed by atoms with Crippen molar-refractivity contribution in [1.29, 1.82) is 0 Å². The molecule has 0 saturated carbocycles. The molecule has 1 N–H and O–H groups in total. The van der Waals surface area contributed by atoms with Crippen LogP contribution in [0, 0.1) is 12.8 Å². The molecule has 3 heteroatoms. The molecule has 0 fully saturated rings. The van der Waals surface area contributed by atoms with Crippen LogP contribution in [0.5, 0.6) is 0 Å². The van der Waals surface area contributed by atoms with Gasteiger partial charge in [-0.15, -0.1) is 0 Å². The van der Waals surface area contributed by atoms with Crippen molar-refractivity contribution in [3.05, 3.63) is 17.5 Å². The fourth-order valence-corrected chi connectivity index (χ4v) is 2.37. The highest BCUT2D eigenvalue weighted by Crippen LogP contribution is 2.25. The molecule has 3 nitrogen and oxygen atoms in total. The van der Waals surface area contributed by atoms with Gasteiger partial charge in [0.15, 0.2) is 0 Å². The van der Waals surface area contributed by atoms with Gasteiger partial charge in [0.05, 0.1) is 5.69 Å². The Kier molecular flexibility index (Phi) is 5.00. The van der Waals surface area contributed by atoms with E-state index in [0.29, 0.717) is 6.04 Å². The molecule has 1 aromatic rings. The van der Waals surface area contributed by atoms with E-state index in [0.717, 1.165) is 11.6 Å². The SMILES string of the molecule is CCCC(C)CC(NC)c1cn(C)nc1C. The molecule has 1 aromatic heterocycles. The van der Waals surface area contributed by atoms with Gasteiger partial charge in [0.1, 0.15) is 0 Å². The number of nitrogens with zero attached hydrogens (tertiary/aromatic N) is 2. The van der Waals surface area contributed by atoms with Crippen LogP contribution in [0.2, 0.25) is 0 Å². The minimum atomic E-state index is 0.440. The van der Waals surface area contributed by atoms with Crippen molar-refractivity contribution in [3.8, 4) is 0 Å². The molecule has 1 heterocycles. The second kappa shape index (κ2) is 6.04. The molecule has 16 heavy (non-hydrogen) atoms. The summed E-state index contributed by atoms with van der Waals surface area (Å²) < 4.78 is 1.90. The Morgan fingerprint density at radius 1 is 1.50 bits per heavy atom. The summed E-state index contributed by atoms with van der Waals surface area (Å²) in [6, 6.07) is 0.440. The first-order valence-electron chi connectivity index (χ1n) is 6.25. The van der Waals surface area contributed by atoms with Gasteiger partial charge >= 0.3 is 0 Å². The molecule has 0 aliphatic rings. The first kappa shape index (κ1) is 13.2. The van der Waals surface area contributed by atoms with Crippen LogP contribution >= 0.6 is 0 Å². The minimum Gasteiger partial charge on any atom is -0.313 e. The van der Waals surface area contributed by atoms with E-state index in [-0.39, 0.29) is 0 Å². The first-order chi connectivity index (χ1) is 7.58. The Labute approximate surface area is 99.2 Å². The summed E-state index contributed by atoms with van der Waals surface area (Å²) in [7, 11) is 4.02. The van der Waals surface area contributed by atoms with Crippen molar-refractivity contribution in [2.75, 3.05) is 7.05 Å². The molecule has 0 spiro atoms. The number of rotatable bonds is 6. The highest BCUT2D eigenvalue weighted by molar-refractivity contribution is 5.19. The Morgan fingerprint density at radius 2 is 2.19 bits per heavy atom. The number of hydrogen-bond donors (Lipinski definition) is 1. The summed E-state index contributed by atoms with van der Waals surface area (Å²) in [4.78, 5) is 0. The number of aromatic nitrogens is 2. The number of hydrogen-bond acceptors (Lipinski definition) is 2. The molecule has 2 atom stereocenters. The normalized spacial score (nSPS) is 15.1. The molecule has 0 amide bonds. The molecule has 0 radical (unpaired) electrons. The van der Waals surface area contributed by atoms with E-state index in [1.165, 1.54) is 24.8 Å². The van der Waals surface area contributed by atoms with Crippen molar-refractivity contribution in [2.45, 2.75) is 46.1 Å². The molecule has 92 valence electrons. The predicted octanol–water partition coefficient (Wildman–Crippen LogP) is 2.82. The zero-order valence-electron chi connectivity index (χ0n) is 11.2. The average Bonchev–Trinajstić information content (AvgIpc) is 2.55. The molecule has 2 unspecified atom stereocenters. The van der Waals surface area contributed by atoms with Crippen LogP contribution in [0.3, 0.4) is 0 Å². The lowest BCUT2D eigenvalue weighted by atomic mass is 9.93. The fourth-order valence-electron chi connectivity index (χ4n) is 2.37. The second-order valence-corrected chi connectivity index (χ2v) is 4.81. The minimum absolute atomic E-state index is 0.440. The Hall–Kier alpha value is -0.830. The summed E-state index contributed by atoms with van der Waals surface area (Å²) in [5.74, 6) is 0.766. The van der Waals surface area contributed by atoms with Crippen LogP contribution in [-0.4, -0.2) is 16.8 Å². The summed E-state index contributed by atoms with van der Waals surface area (Å²) in [6.45, 7) is 6.67. The third-order valence-corrected chi connectivity index (χ3v) is 3.19. The quantitative estimate of drug-likeness (QED) is 0.803. The third kappa shape index (κ3) is 3.34. The zero-order chi connectivity index (χ0) is 12.1. The summed E-state index contributed by atoms with van der Waals surface area (Å²) in [5.41, 5.74) is 2.48. The van der Waals surface area contributed by atoms with Crippen LogP contribution in [0.15, 0.2) is 6.20 Å². The van der Waals surface area contributed by atoms with Gasteiger partial charge in [-0.25, -0.2) is 0 Å². The fraction of sp³-hybridized carbons (Fsp3) is 0.769. The van der Waals surface area contributed by atoms with Crippen LogP contribution in [0.4, 0.5) is 0 Å². The van der Waals surface area contributed by atoms with Gasteiger partial charge in [0.2, 0.25) is 0 Å². The second-order valence-electron chi connectivity index (χ2n) is 4.81. The maximum Gasteiger partial charge on any atom is 0.0641 e. The van der Waals surface area contributed by atoms with Gasteiger partial charge in [-0.1, -0.05) is 26.7 Å². The lowest BCUT2D eigenvalue weighted by molar-refractivity contribution is 0.406. The lowest BCUT2D eigenvalue weighted by Crippen LogP contribution is -2.19. The van der Waals surface area contributed by atoms with Crippen LogP contribution in [0.25, 0.3) is 0 Å². The van der Waals surface area contributed by atoms with Crippen molar-refractivity contribution in [2.24, 2.45) is 13.0 Å². The molecular weight excluding hydrogens is 198 g/mol. The maximum absolute atomic E-state index is 4.41. The van der Waals surface area contributed by atoms with E-state index in [2.05, 4.69) is 37.4 Å². The van der Waals surface area contributed by atoms with Gasteiger partial charge in [-0.2, -0.15) is 5.10 Å². The van der Waals surface area contributed by atoms with Crippen LogP contribution in [-0.2, 0) is 7.05 Å². The first-order valence-corrected chi connectivity index (χ1v) is 6.25. The van der Waals surface area contributed by atoms with E-state index in [1.807, 2.05) is 18.8 Å². The molecule has 0 bridgehead atoms. The van der Waals surface area contributed by atoms with E-state index in [1.54, 1.807) is 0 Å². The Morgan fingerprint density at radius 3 is 2.62 bits per heavy atom. The van der Waals surface area contributed by atoms with E-state index in [9.17, 15) is 0 Å². The van der Waals surface area contributed by atoms with Gasteiger partial charge in [-0.3, -0.25) is 4.68 Å². The summed E-state index contributed by atoms with van der Waals surface area (Å²) in [5, 5.41) is 7.82. The summed E-state index contributed by atoms with van der Waals surface area (Å²) >= 11 is 0. The number of nitrogens with one attached hydrogen (secondary N) is 1. The topological polar surface area (TPSA) is 29.9 Å². The van der Waals surface area contributed by atoms with Gasteiger partial charge < -0.3 is 5.32 Å². The molecule has 0 aliphatic heterocycles. The zero-order valence-corrected chi connectivity index (χ0v) is 11.2. The standard InChI is InChI=1S/C13H25N3/c1-6-7-10(2)8-13(14-4)12-9-16(5)15-11(12)3/h9-10,13-14H,6-8H2,1-5H3. The van der Waals surface area contributed by atoms with E-state index < -0.39 is 0 Å². The van der Waals surface area contributed by atoms with Crippen LogP contribution < -0.4 is 5.32 Å². The van der Waals surface area contributed by atoms with E-state index >= 15 is 0 Å². The smallest absolute Gasteiger partial charge is 0.0641 e. The molecule has 0 saturated heterocycles. The van der Waals surface area contributed by atoms with Gasteiger partial charge in [-0.05, 0) is 26.3 Å². The highest BCUT2D eigenvalue weighted by Gasteiger charge is 2.17. The van der Waals surface area contributed by atoms with Crippen molar-refractivity contribution in [1.82, 2.24) is 15.1 Å². The van der Waals surface area contributed by atoms with E-state index in [4.69, 9.17) is 0 Å². The van der Waals surface area contributed by atoms with Gasteiger partial charge in [0.25, 0.3) is 0 Å². The van der Waals surface area contributed by atoms with Gasteiger partial charge in [0, 0.05) is 24.8 Å². The largest absolute Gasteiger partial charge is 0.313 e. The maximum atomic E-state index is 4.41. The van der Waals surface area contributed by atoms with Crippen molar-refractivity contribution >= 4 is 0 Å². The predicted molar refractivity (Wildman–Crippen MR) is 68.4 cm³/mol. The average molecular weight is 223 g/mol. The number of aryl methyl sites for hydroxylation is 2. The van der Waals surface area contributed by atoms with Crippen LogP contribution in [0.1, 0.15) is 50.4 Å². The Bertz CT molecular complexity index is 317. The summed E-state index contributed by atoms with van der Waals surface area (Å²) in [6.07, 6.45) is 5.90. The molecule has 0 aromatic carbocycles. The molecule has 0 aliphatic carbocycles. The van der Waals surface area contributed by atoms with Crippen molar-refractivity contribution in [3.63, 3.8) is 0 Å². The van der Waals surface area contributed by atoms with Crippen molar-refractivity contribution < 1.29 is 0 Å². The molecule has 1 rings (SSSR count). The highest BCUT2D eigenvalue weighted by atomic mass is 15.3. The molecular formula is C13H25N3. The monoisotopic (exact) mass is 223 g/mol. The third-order valence-electron chi connectivity index (χ3n) is 3.19.